The third-order valence-electron chi connectivity index (χ3n) is 4.59. The van der Waals surface area contributed by atoms with Crippen LogP contribution in [-0.2, 0) is 24.8 Å². The zero-order chi connectivity index (χ0) is 18.4. The number of hydrogen-bond acceptors (Lipinski definition) is 3. The molecular formula is C19H27ClN4O2. The van der Waals surface area contributed by atoms with Crippen LogP contribution in [0, 0.1) is 5.92 Å². The van der Waals surface area contributed by atoms with Crippen LogP contribution in [0.1, 0.15) is 17.9 Å². The van der Waals surface area contributed by atoms with Crippen molar-refractivity contribution in [2.45, 2.75) is 19.4 Å². The maximum absolute atomic E-state index is 6.11. The van der Waals surface area contributed by atoms with Gasteiger partial charge in [0, 0.05) is 58.0 Å². The summed E-state index contributed by atoms with van der Waals surface area (Å²) >= 11 is 6.11. The van der Waals surface area contributed by atoms with Gasteiger partial charge in [-0.25, -0.2) is 0 Å². The molecule has 0 amide bonds. The maximum atomic E-state index is 6.11. The Labute approximate surface area is 159 Å². The minimum absolute atomic E-state index is 0.509. The van der Waals surface area contributed by atoms with Gasteiger partial charge >= 0.3 is 0 Å². The lowest BCUT2D eigenvalue weighted by atomic mass is 10.1. The van der Waals surface area contributed by atoms with E-state index >= 15 is 0 Å². The molecule has 2 aromatic rings. The first-order valence-corrected chi connectivity index (χ1v) is 9.40. The molecule has 0 bridgehead atoms. The Bertz CT molecular complexity index is 705. The summed E-state index contributed by atoms with van der Waals surface area (Å²) in [6, 6.07) is 5.89. The van der Waals surface area contributed by atoms with E-state index in [0.717, 1.165) is 68.1 Å². The van der Waals surface area contributed by atoms with Crippen molar-refractivity contribution in [1.29, 1.82) is 0 Å². The van der Waals surface area contributed by atoms with Crippen molar-refractivity contribution in [1.82, 2.24) is 14.8 Å². The summed E-state index contributed by atoms with van der Waals surface area (Å²) < 4.78 is 12.9. The van der Waals surface area contributed by atoms with Crippen LogP contribution in [0.15, 0.2) is 40.1 Å². The molecule has 0 radical (unpaired) electrons. The Morgan fingerprint density at radius 2 is 2.38 bits per heavy atom. The van der Waals surface area contributed by atoms with E-state index in [1.165, 1.54) is 0 Å². The fraction of sp³-hybridized carbons (Fsp3) is 0.526. The quantitative estimate of drug-likeness (QED) is 0.594. The van der Waals surface area contributed by atoms with Crippen molar-refractivity contribution in [2.75, 3.05) is 33.4 Å². The highest BCUT2D eigenvalue weighted by molar-refractivity contribution is 6.30. The SMILES string of the molecule is CN(Cc1cc(Cl)cn1C)C(=NCC1CCOC1)NCCc1ccco1. The largest absolute Gasteiger partial charge is 0.469 e. The summed E-state index contributed by atoms with van der Waals surface area (Å²) in [6.45, 7) is 3.93. The van der Waals surface area contributed by atoms with Crippen LogP contribution in [0.5, 0.6) is 0 Å². The number of aryl methyl sites for hydroxylation is 1. The lowest BCUT2D eigenvalue weighted by Crippen LogP contribution is -2.40. The molecule has 2 aromatic heterocycles. The molecular weight excluding hydrogens is 352 g/mol. The van der Waals surface area contributed by atoms with Gasteiger partial charge in [-0.15, -0.1) is 0 Å². The van der Waals surface area contributed by atoms with Gasteiger partial charge in [0.1, 0.15) is 5.76 Å². The van der Waals surface area contributed by atoms with Gasteiger partial charge in [0.2, 0.25) is 0 Å². The Balaban J connectivity index is 1.61. The van der Waals surface area contributed by atoms with Gasteiger partial charge < -0.3 is 23.9 Å². The monoisotopic (exact) mass is 378 g/mol. The van der Waals surface area contributed by atoms with Crippen molar-refractivity contribution >= 4 is 17.6 Å². The van der Waals surface area contributed by atoms with E-state index in [9.17, 15) is 0 Å². The minimum atomic E-state index is 0.509. The van der Waals surface area contributed by atoms with Crippen molar-refractivity contribution in [3.05, 3.63) is 47.1 Å². The molecule has 1 fully saturated rings. The zero-order valence-corrected chi connectivity index (χ0v) is 16.2. The van der Waals surface area contributed by atoms with E-state index in [0.29, 0.717) is 5.92 Å². The van der Waals surface area contributed by atoms with Crippen LogP contribution in [0.4, 0.5) is 0 Å². The van der Waals surface area contributed by atoms with Crippen molar-refractivity contribution in [3.8, 4) is 0 Å². The minimum Gasteiger partial charge on any atom is -0.469 e. The second-order valence-electron chi connectivity index (χ2n) is 6.77. The highest BCUT2D eigenvalue weighted by atomic mass is 35.5. The smallest absolute Gasteiger partial charge is 0.194 e. The molecule has 0 saturated carbocycles. The van der Waals surface area contributed by atoms with E-state index in [1.54, 1.807) is 6.26 Å². The van der Waals surface area contributed by atoms with E-state index < -0.39 is 0 Å². The van der Waals surface area contributed by atoms with Crippen LogP contribution >= 0.6 is 11.6 Å². The normalized spacial score (nSPS) is 17.7. The number of nitrogens with one attached hydrogen (secondary N) is 1. The standard InChI is InChI=1S/C19H27ClN4O2/c1-23-12-16(20)10-17(23)13-24(2)19(22-11-15-6-9-25-14-15)21-7-5-18-4-3-8-26-18/h3-4,8,10,12,15H,5-7,9,11,13-14H2,1-2H3,(H,21,22). The van der Waals surface area contributed by atoms with Gasteiger partial charge in [0.15, 0.2) is 5.96 Å². The number of aromatic nitrogens is 1. The first-order valence-electron chi connectivity index (χ1n) is 9.02. The Hall–Kier alpha value is -1.92. The van der Waals surface area contributed by atoms with E-state index in [2.05, 4.69) is 10.2 Å². The summed E-state index contributed by atoms with van der Waals surface area (Å²) in [5.74, 6) is 2.37. The fourth-order valence-corrected chi connectivity index (χ4v) is 3.32. The summed E-state index contributed by atoms with van der Waals surface area (Å²) in [5.41, 5.74) is 1.14. The number of guanidine groups is 1. The summed E-state index contributed by atoms with van der Waals surface area (Å²) in [6.07, 6.45) is 5.53. The molecule has 1 saturated heterocycles. The van der Waals surface area contributed by atoms with E-state index in [4.69, 9.17) is 25.7 Å². The molecule has 0 aromatic carbocycles. The van der Waals surface area contributed by atoms with Crippen LogP contribution < -0.4 is 5.32 Å². The predicted molar refractivity (Wildman–Crippen MR) is 104 cm³/mol. The van der Waals surface area contributed by atoms with Crippen molar-refractivity contribution < 1.29 is 9.15 Å². The van der Waals surface area contributed by atoms with Crippen LogP contribution in [0.2, 0.25) is 5.02 Å². The zero-order valence-electron chi connectivity index (χ0n) is 15.4. The molecule has 1 aliphatic rings. The first-order chi connectivity index (χ1) is 12.6. The lowest BCUT2D eigenvalue weighted by Gasteiger charge is -2.23. The Morgan fingerprint density at radius 3 is 3.04 bits per heavy atom. The molecule has 3 rings (SSSR count). The maximum Gasteiger partial charge on any atom is 0.194 e. The van der Waals surface area contributed by atoms with Crippen LogP contribution in [0.3, 0.4) is 0 Å². The summed E-state index contributed by atoms with van der Waals surface area (Å²) in [5, 5.41) is 4.21. The number of rotatable bonds is 7. The number of hydrogen-bond donors (Lipinski definition) is 1. The molecule has 1 aliphatic heterocycles. The average Bonchev–Trinajstić information content (AvgIpc) is 3.34. The summed E-state index contributed by atoms with van der Waals surface area (Å²) in [7, 11) is 4.05. The van der Waals surface area contributed by atoms with Crippen LogP contribution in [0.25, 0.3) is 0 Å². The highest BCUT2D eigenvalue weighted by Gasteiger charge is 2.16. The number of furan rings is 1. The van der Waals surface area contributed by atoms with Gasteiger partial charge in [-0.1, -0.05) is 11.6 Å². The predicted octanol–water partition coefficient (Wildman–Crippen LogP) is 2.93. The number of aliphatic imine (C=N–C) groups is 1. The number of halogens is 1. The molecule has 1 unspecified atom stereocenters. The Morgan fingerprint density at radius 1 is 1.50 bits per heavy atom. The van der Waals surface area contributed by atoms with Crippen LogP contribution in [-0.4, -0.2) is 48.8 Å². The molecule has 142 valence electrons. The second kappa shape index (κ2) is 9.14. The molecule has 6 nitrogen and oxygen atoms in total. The topological polar surface area (TPSA) is 54.9 Å². The van der Waals surface area contributed by atoms with Crippen molar-refractivity contribution in [3.63, 3.8) is 0 Å². The molecule has 3 heterocycles. The molecule has 1 N–H and O–H groups in total. The van der Waals surface area contributed by atoms with Gasteiger partial charge in [0.05, 0.1) is 24.4 Å². The second-order valence-corrected chi connectivity index (χ2v) is 7.20. The number of nitrogens with zero attached hydrogens (tertiary/aromatic N) is 3. The summed E-state index contributed by atoms with van der Waals surface area (Å²) in [4.78, 5) is 6.96. The molecule has 1 atom stereocenters. The first kappa shape index (κ1) is 18.9. The molecule has 26 heavy (non-hydrogen) atoms. The molecule has 0 spiro atoms. The van der Waals surface area contributed by atoms with Gasteiger partial charge in [-0.2, -0.15) is 0 Å². The van der Waals surface area contributed by atoms with Gasteiger partial charge in [0.25, 0.3) is 0 Å². The van der Waals surface area contributed by atoms with Gasteiger partial charge in [-0.3, -0.25) is 4.99 Å². The fourth-order valence-electron chi connectivity index (χ4n) is 3.05. The Kier molecular flexibility index (Phi) is 6.63. The molecule has 0 aliphatic carbocycles. The van der Waals surface area contributed by atoms with E-state index in [1.807, 2.05) is 43.1 Å². The lowest BCUT2D eigenvalue weighted by molar-refractivity contribution is 0.187. The average molecular weight is 379 g/mol. The van der Waals surface area contributed by atoms with E-state index in [-0.39, 0.29) is 0 Å². The third kappa shape index (κ3) is 5.29. The van der Waals surface area contributed by atoms with Crippen molar-refractivity contribution in [2.24, 2.45) is 18.0 Å². The number of ether oxygens (including phenoxy) is 1. The molecule has 7 heteroatoms. The van der Waals surface area contributed by atoms with Gasteiger partial charge in [-0.05, 0) is 24.6 Å². The third-order valence-corrected chi connectivity index (χ3v) is 4.80. The highest BCUT2D eigenvalue weighted by Crippen LogP contribution is 2.15.